The normalized spacial score (nSPS) is 10.4. The van der Waals surface area contributed by atoms with E-state index in [0.29, 0.717) is 17.9 Å². The molecule has 3 nitrogen and oxygen atoms in total. The van der Waals surface area contributed by atoms with Crippen LogP contribution in [0.3, 0.4) is 0 Å². The molecule has 0 bridgehead atoms. The second-order valence-electron chi connectivity index (χ2n) is 4.65. The van der Waals surface area contributed by atoms with Crippen molar-refractivity contribution in [1.82, 2.24) is 0 Å². The van der Waals surface area contributed by atoms with Gasteiger partial charge in [0.15, 0.2) is 0 Å². The zero-order valence-electron chi connectivity index (χ0n) is 11.7. The first-order valence-electron chi connectivity index (χ1n) is 6.59. The zero-order valence-corrected chi connectivity index (χ0v) is 13.3. The highest BCUT2D eigenvalue weighted by atomic mass is 35.5. The number of halogens is 1. The predicted octanol–water partition coefficient (Wildman–Crippen LogP) is 4.35. The van der Waals surface area contributed by atoms with Crippen molar-refractivity contribution in [2.45, 2.75) is 18.2 Å². The van der Waals surface area contributed by atoms with Crippen molar-refractivity contribution in [3.63, 3.8) is 0 Å². The van der Waals surface area contributed by atoms with Gasteiger partial charge >= 0.3 is 0 Å². The summed E-state index contributed by atoms with van der Waals surface area (Å²) >= 11 is 7.65. The number of nitrogen functional groups attached to an aromatic ring is 1. The summed E-state index contributed by atoms with van der Waals surface area (Å²) in [7, 11) is 0. The average molecular weight is 321 g/mol. The molecule has 0 radical (unpaired) electrons. The first kappa shape index (κ1) is 15.7. The molecule has 0 saturated carbocycles. The smallest absolute Gasteiger partial charge is 0.225 e. The summed E-state index contributed by atoms with van der Waals surface area (Å²) in [5.41, 5.74) is 8.15. The van der Waals surface area contributed by atoms with Crippen LogP contribution < -0.4 is 11.1 Å². The van der Waals surface area contributed by atoms with Gasteiger partial charge in [0.2, 0.25) is 5.91 Å². The highest BCUT2D eigenvalue weighted by molar-refractivity contribution is 7.99. The molecule has 3 N–H and O–H groups in total. The summed E-state index contributed by atoms with van der Waals surface area (Å²) in [6.45, 7) is 1.92. The molecule has 0 aliphatic heterocycles. The van der Waals surface area contributed by atoms with Gasteiger partial charge in [0.25, 0.3) is 0 Å². The lowest BCUT2D eigenvalue weighted by Crippen LogP contribution is -2.13. The molecule has 0 fully saturated rings. The first-order valence-corrected chi connectivity index (χ1v) is 7.96. The number of nitrogens with one attached hydrogen (secondary N) is 1. The Morgan fingerprint density at radius 3 is 2.76 bits per heavy atom. The van der Waals surface area contributed by atoms with Gasteiger partial charge in [0.05, 0.1) is 5.02 Å². The number of amides is 1. The maximum absolute atomic E-state index is 11.9. The number of aryl methyl sites for hydroxylation is 1. The van der Waals surface area contributed by atoms with E-state index < -0.39 is 0 Å². The standard InChI is InChI=1S/C16H17ClN2OS/c1-11-10-12(18)6-7-14(11)19-16(20)8-9-21-15-5-3-2-4-13(15)17/h2-7,10H,8-9,18H2,1H3,(H,19,20). The summed E-state index contributed by atoms with van der Waals surface area (Å²) in [5, 5.41) is 3.62. The first-order chi connectivity index (χ1) is 10.1. The minimum atomic E-state index is -0.0116. The summed E-state index contributed by atoms with van der Waals surface area (Å²) in [4.78, 5) is 12.9. The number of nitrogens with two attached hydrogens (primary N) is 1. The summed E-state index contributed by atoms with van der Waals surface area (Å²) < 4.78 is 0. The highest BCUT2D eigenvalue weighted by Crippen LogP contribution is 2.27. The molecule has 0 saturated heterocycles. The topological polar surface area (TPSA) is 55.1 Å². The van der Waals surface area contributed by atoms with Crippen LogP contribution in [0.5, 0.6) is 0 Å². The summed E-state index contributed by atoms with van der Waals surface area (Å²) in [5.74, 6) is 0.672. The minimum Gasteiger partial charge on any atom is -0.399 e. The fourth-order valence-electron chi connectivity index (χ4n) is 1.86. The van der Waals surface area contributed by atoms with Crippen molar-refractivity contribution >= 4 is 40.6 Å². The molecule has 0 heterocycles. The van der Waals surface area contributed by atoms with E-state index in [1.54, 1.807) is 17.8 Å². The van der Waals surface area contributed by atoms with Gasteiger partial charge in [-0.05, 0) is 42.8 Å². The molecule has 0 spiro atoms. The molecule has 0 unspecified atom stereocenters. The van der Waals surface area contributed by atoms with Crippen LogP contribution in [-0.4, -0.2) is 11.7 Å². The molecule has 0 aromatic heterocycles. The molecular weight excluding hydrogens is 304 g/mol. The molecule has 2 aromatic rings. The third-order valence-corrected chi connectivity index (χ3v) is 4.46. The SMILES string of the molecule is Cc1cc(N)ccc1NC(=O)CCSc1ccccc1Cl. The van der Waals surface area contributed by atoms with Crippen LogP contribution in [0.1, 0.15) is 12.0 Å². The van der Waals surface area contributed by atoms with Crippen LogP contribution >= 0.6 is 23.4 Å². The third kappa shape index (κ3) is 4.69. The van der Waals surface area contributed by atoms with Gasteiger partial charge in [-0.15, -0.1) is 11.8 Å². The Balaban J connectivity index is 1.84. The Kier molecular flexibility index (Phi) is 5.53. The molecule has 0 atom stereocenters. The molecule has 2 rings (SSSR count). The molecule has 21 heavy (non-hydrogen) atoms. The van der Waals surface area contributed by atoms with Gasteiger partial charge < -0.3 is 11.1 Å². The Labute approximate surface area is 133 Å². The number of hydrogen-bond acceptors (Lipinski definition) is 3. The lowest BCUT2D eigenvalue weighted by molar-refractivity contribution is -0.115. The quantitative estimate of drug-likeness (QED) is 0.636. The van der Waals surface area contributed by atoms with Crippen LogP contribution in [0.25, 0.3) is 0 Å². The maximum atomic E-state index is 11.9. The maximum Gasteiger partial charge on any atom is 0.225 e. The van der Waals surface area contributed by atoms with E-state index in [1.165, 1.54) is 0 Å². The van der Waals surface area contributed by atoms with Gasteiger partial charge in [-0.25, -0.2) is 0 Å². The van der Waals surface area contributed by atoms with Crippen LogP contribution in [0.15, 0.2) is 47.4 Å². The van der Waals surface area contributed by atoms with Crippen molar-refractivity contribution in [2.75, 3.05) is 16.8 Å². The Morgan fingerprint density at radius 2 is 2.05 bits per heavy atom. The fourth-order valence-corrected chi connectivity index (χ4v) is 3.04. The number of hydrogen-bond donors (Lipinski definition) is 2. The van der Waals surface area contributed by atoms with E-state index in [2.05, 4.69) is 5.32 Å². The lowest BCUT2D eigenvalue weighted by Gasteiger charge is -2.09. The molecule has 0 aliphatic carbocycles. The van der Waals surface area contributed by atoms with Crippen molar-refractivity contribution in [1.29, 1.82) is 0 Å². The monoisotopic (exact) mass is 320 g/mol. The van der Waals surface area contributed by atoms with Crippen LogP contribution in [0.2, 0.25) is 5.02 Å². The largest absolute Gasteiger partial charge is 0.399 e. The van der Waals surface area contributed by atoms with E-state index >= 15 is 0 Å². The third-order valence-electron chi connectivity index (χ3n) is 2.95. The van der Waals surface area contributed by atoms with E-state index in [0.717, 1.165) is 21.2 Å². The van der Waals surface area contributed by atoms with Crippen LogP contribution in [0, 0.1) is 6.92 Å². The predicted molar refractivity (Wildman–Crippen MR) is 91.0 cm³/mol. The van der Waals surface area contributed by atoms with E-state index in [-0.39, 0.29) is 5.91 Å². The van der Waals surface area contributed by atoms with Crippen LogP contribution in [-0.2, 0) is 4.79 Å². The van der Waals surface area contributed by atoms with Gasteiger partial charge in [0.1, 0.15) is 0 Å². The van der Waals surface area contributed by atoms with Gasteiger partial charge in [-0.1, -0.05) is 23.7 Å². The van der Waals surface area contributed by atoms with Crippen LogP contribution in [0.4, 0.5) is 11.4 Å². The Morgan fingerprint density at radius 1 is 1.29 bits per heavy atom. The summed E-state index contributed by atoms with van der Waals surface area (Å²) in [6, 6.07) is 13.1. The highest BCUT2D eigenvalue weighted by Gasteiger charge is 2.06. The number of carbonyl (C=O) groups excluding carboxylic acids is 1. The minimum absolute atomic E-state index is 0.0116. The number of benzene rings is 2. The van der Waals surface area contributed by atoms with E-state index in [1.807, 2.05) is 43.3 Å². The number of carbonyl (C=O) groups is 1. The molecular formula is C16H17ClN2OS. The van der Waals surface area contributed by atoms with Crippen molar-refractivity contribution in [3.8, 4) is 0 Å². The van der Waals surface area contributed by atoms with Crippen molar-refractivity contribution in [3.05, 3.63) is 53.1 Å². The van der Waals surface area contributed by atoms with Gasteiger partial charge in [-0.3, -0.25) is 4.79 Å². The summed E-state index contributed by atoms with van der Waals surface area (Å²) in [6.07, 6.45) is 0.430. The van der Waals surface area contributed by atoms with E-state index in [9.17, 15) is 4.79 Å². The molecule has 5 heteroatoms. The van der Waals surface area contributed by atoms with Crippen molar-refractivity contribution < 1.29 is 4.79 Å². The van der Waals surface area contributed by atoms with Gasteiger partial charge in [0, 0.05) is 28.4 Å². The average Bonchev–Trinajstić information content (AvgIpc) is 2.44. The van der Waals surface area contributed by atoms with E-state index in [4.69, 9.17) is 17.3 Å². The number of anilines is 2. The lowest BCUT2D eigenvalue weighted by atomic mass is 10.2. The molecule has 2 aromatic carbocycles. The zero-order chi connectivity index (χ0) is 15.2. The molecule has 0 aliphatic rings. The van der Waals surface area contributed by atoms with Gasteiger partial charge in [-0.2, -0.15) is 0 Å². The molecule has 110 valence electrons. The second-order valence-corrected chi connectivity index (χ2v) is 6.20. The second kappa shape index (κ2) is 7.38. The number of thioether (sulfide) groups is 1. The van der Waals surface area contributed by atoms with Crippen molar-refractivity contribution in [2.24, 2.45) is 0 Å². The fraction of sp³-hybridized carbons (Fsp3) is 0.188. The Bertz CT molecular complexity index is 646. The Hall–Kier alpha value is -1.65. The molecule has 1 amide bonds. The number of rotatable bonds is 5.